The Kier molecular flexibility index (Phi) is 7.97. The van der Waals surface area contributed by atoms with Gasteiger partial charge in [0.05, 0.1) is 18.5 Å². The number of amides is 3. The maximum Gasteiger partial charge on any atom is 0.273 e. The highest BCUT2D eigenvalue weighted by atomic mass is 32.1. The molecule has 5 N–H and O–H groups in total. The third-order valence-corrected chi connectivity index (χ3v) is 6.57. The summed E-state index contributed by atoms with van der Waals surface area (Å²) in [7, 11) is 1.43. The Bertz CT molecular complexity index is 1460. The van der Waals surface area contributed by atoms with Crippen LogP contribution in [0.1, 0.15) is 37.3 Å². The molecule has 3 amide bonds. The maximum atomic E-state index is 14.1. The second-order valence-corrected chi connectivity index (χ2v) is 8.92. The summed E-state index contributed by atoms with van der Waals surface area (Å²) >= 11 is 0.686. The van der Waals surface area contributed by atoms with E-state index in [4.69, 9.17) is 16.2 Å². The highest BCUT2D eigenvalue weighted by Crippen LogP contribution is 2.38. The van der Waals surface area contributed by atoms with E-state index in [-0.39, 0.29) is 28.5 Å². The largest absolute Gasteiger partial charge is 0.495 e. The monoisotopic (exact) mass is 533 g/mol. The summed E-state index contributed by atoms with van der Waals surface area (Å²) in [6.07, 6.45) is 0. The van der Waals surface area contributed by atoms with Crippen LogP contribution >= 0.6 is 11.5 Å². The second-order valence-electron chi connectivity index (χ2n) is 8.14. The molecule has 4 rings (SSSR count). The molecule has 0 unspecified atom stereocenters. The van der Waals surface area contributed by atoms with Crippen LogP contribution in [0.25, 0.3) is 0 Å². The summed E-state index contributed by atoms with van der Waals surface area (Å²) < 4.78 is 23.3. The first-order valence-electron chi connectivity index (χ1n) is 11.4. The van der Waals surface area contributed by atoms with E-state index in [2.05, 4.69) is 9.69 Å². The zero-order valence-electron chi connectivity index (χ0n) is 20.3. The summed E-state index contributed by atoms with van der Waals surface area (Å²) in [5.41, 5.74) is 12.4. The van der Waals surface area contributed by atoms with E-state index in [1.54, 1.807) is 24.3 Å². The molecule has 3 aromatic carbocycles. The molecule has 4 aromatic rings. The number of anilines is 2. The zero-order valence-corrected chi connectivity index (χ0v) is 21.1. The number of nitrogens with two attached hydrogens (primary N) is 2. The normalized spacial score (nSPS) is 11.4. The highest BCUT2D eigenvalue weighted by Gasteiger charge is 2.37. The second kappa shape index (κ2) is 11.5. The summed E-state index contributed by atoms with van der Waals surface area (Å²) in [5, 5.41) is 2.86. The first-order chi connectivity index (χ1) is 18.3. The van der Waals surface area contributed by atoms with Gasteiger partial charge in [-0.2, -0.15) is 4.37 Å². The zero-order chi connectivity index (χ0) is 27.2. The van der Waals surface area contributed by atoms with Crippen molar-refractivity contribution in [2.75, 3.05) is 17.7 Å². The first-order valence-corrected chi connectivity index (χ1v) is 12.2. The van der Waals surface area contributed by atoms with Gasteiger partial charge in [0.2, 0.25) is 5.91 Å². The number of nitrogens with one attached hydrogen (secondary N) is 1. The standard InChI is InChI=1S/C27H24FN5O4S/c1-37-20-10-6-5-9-19(20)33(27(36)24-21(29)22(25(30)34)32-38-24)23(17-11-13-18(28)14-12-17)26(35)31-15-16-7-3-2-4-8-16/h2-14,23H,15,29H2,1H3,(H2,30,34)(H,31,35)/t23-/m1/s1. The molecule has 1 atom stereocenters. The van der Waals surface area contributed by atoms with E-state index in [9.17, 15) is 18.8 Å². The molecule has 194 valence electrons. The van der Waals surface area contributed by atoms with Crippen LogP contribution in [-0.2, 0) is 11.3 Å². The van der Waals surface area contributed by atoms with Crippen LogP contribution in [0.2, 0.25) is 0 Å². The van der Waals surface area contributed by atoms with Gasteiger partial charge in [0.15, 0.2) is 5.69 Å². The third kappa shape index (κ3) is 5.47. The number of benzene rings is 3. The van der Waals surface area contributed by atoms with Crippen molar-refractivity contribution < 1.29 is 23.5 Å². The van der Waals surface area contributed by atoms with Crippen LogP contribution in [0.4, 0.5) is 15.8 Å². The van der Waals surface area contributed by atoms with Crippen LogP contribution in [0.3, 0.4) is 0 Å². The fourth-order valence-electron chi connectivity index (χ4n) is 3.88. The molecular formula is C27H24FN5O4S. The lowest BCUT2D eigenvalue weighted by molar-refractivity contribution is -0.122. The van der Waals surface area contributed by atoms with Crippen LogP contribution in [-0.4, -0.2) is 29.2 Å². The number of hydrogen-bond donors (Lipinski definition) is 3. The Labute approximate surface area is 222 Å². The average molecular weight is 534 g/mol. The van der Waals surface area contributed by atoms with Gasteiger partial charge in [0.25, 0.3) is 11.8 Å². The van der Waals surface area contributed by atoms with Crippen molar-refractivity contribution in [1.29, 1.82) is 0 Å². The van der Waals surface area contributed by atoms with E-state index in [0.717, 1.165) is 5.56 Å². The number of carbonyl (C=O) groups is 3. The van der Waals surface area contributed by atoms with Crippen LogP contribution in [0.15, 0.2) is 78.9 Å². The minimum Gasteiger partial charge on any atom is -0.495 e. The van der Waals surface area contributed by atoms with E-state index >= 15 is 0 Å². The van der Waals surface area contributed by atoms with Crippen molar-refractivity contribution in [2.45, 2.75) is 12.6 Å². The smallest absolute Gasteiger partial charge is 0.273 e. The molecule has 0 aliphatic carbocycles. The molecule has 0 aliphatic heterocycles. The van der Waals surface area contributed by atoms with Gasteiger partial charge in [0, 0.05) is 6.54 Å². The van der Waals surface area contributed by atoms with Gasteiger partial charge >= 0.3 is 0 Å². The fourth-order valence-corrected chi connectivity index (χ4v) is 4.62. The number of nitrogen functional groups attached to an aromatic ring is 1. The van der Waals surface area contributed by atoms with Crippen molar-refractivity contribution in [3.05, 3.63) is 106 Å². The fraction of sp³-hybridized carbons (Fsp3) is 0.111. The summed E-state index contributed by atoms with van der Waals surface area (Å²) in [4.78, 5) is 40.7. The number of halogens is 1. The molecule has 1 heterocycles. The Morgan fingerprint density at radius 3 is 2.32 bits per heavy atom. The topological polar surface area (TPSA) is 141 Å². The molecule has 11 heteroatoms. The highest BCUT2D eigenvalue weighted by molar-refractivity contribution is 7.09. The lowest BCUT2D eigenvalue weighted by Crippen LogP contribution is -2.44. The molecule has 0 spiro atoms. The van der Waals surface area contributed by atoms with Gasteiger partial charge in [-0.15, -0.1) is 0 Å². The number of rotatable bonds is 9. The number of nitrogens with zero attached hydrogens (tertiary/aromatic N) is 2. The van der Waals surface area contributed by atoms with Gasteiger partial charge < -0.3 is 21.5 Å². The molecule has 38 heavy (non-hydrogen) atoms. The number of hydrogen-bond acceptors (Lipinski definition) is 7. The number of methoxy groups -OCH3 is 1. The average Bonchev–Trinajstić information content (AvgIpc) is 3.32. The van der Waals surface area contributed by atoms with E-state index in [1.165, 1.54) is 36.3 Å². The SMILES string of the molecule is COc1ccccc1N(C(=O)c1snc(C(N)=O)c1N)[C@@H](C(=O)NCc1ccccc1)c1ccc(F)cc1. The van der Waals surface area contributed by atoms with Crippen molar-refractivity contribution in [3.63, 3.8) is 0 Å². The third-order valence-electron chi connectivity index (χ3n) is 5.72. The molecular weight excluding hydrogens is 509 g/mol. The summed E-state index contributed by atoms with van der Waals surface area (Å²) in [6, 6.07) is 19.8. The van der Waals surface area contributed by atoms with Gasteiger partial charge in [-0.25, -0.2) is 4.39 Å². The van der Waals surface area contributed by atoms with E-state index in [1.807, 2.05) is 30.3 Å². The number of carbonyl (C=O) groups excluding carboxylic acids is 3. The number of aromatic nitrogens is 1. The first kappa shape index (κ1) is 26.3. The Hall–Kier alpha value is -4.77. The molecule has 0 radical (unpaired) electrons. The Morgan fingerprint density at radius 1 is 1.03 bits per heavy atom. The van der Waals surface area contributed by atoms with Crippen LogP contribution in [0.5, 0.6) is 5.75 Å². The minimum absolute atomic E-state index is 0.0901. The van der Waals surface area contributed by atoms with Crippen LogP contribution < -0.4 is 26.4 Å². The molecule has 0 saturated carbocycles. The number of para-hydroxylation sites is 2. The molecule has 9 nitrogen and oxygen atoms in total. The van der Waals surface area contributed by atoms with Gasteiger partial charge in [0.1, 0.15) is 22.5 Å². The molecule has 0 fully saturated rings. The van der Waals surface area contributed by atoms with Crippen molar-refractivity contribution in [1.82, 2.24) is 9.69 Å². The van der Waals surface area contributed by atoms with Gasteiger partial charge in [-0.3, -0.25) is 19.3 Å². The molecule has 0 bridgehead atoms. The maximum absolute atomic E-state index is 14.1. The van der Waals surface area contributed by atoms with Crippen molar-refractivity contribution >= 4 is 40.6 Å². The number of primary amides is 1. The van der Waals surface area contributed by atoms with Crippen molar-refractivity contribution in [3.8, 4) is 5.75 Å². The Balaban J connectivity index is 1.86. The van der Waals surface area contributed by atoms with Crippen LogP contribution in [0, 0.1) is 5.82 Å². The lowest BCUT2D eigenvalue weighted by Gasteiger charge is -2.32. The number of ether oxygens (including phenoxy) is 1. The summed E-state index contributed by atoms with van der Waals surface area (Å²) in [5.74, 6) is -2.37. The quantitative estimate of drug-likeness (QED) is 0.300. The van der Waals surface area contributed by atoms with E-state index < -0.39 is 29.6 Å². The molecule has 0 aliphatic rings. The van der Waals surface area contributed by atoms with Gasteiger partial charge in [-0.1, -0.05) is 54.6 Å². The predicted octanol–water partition coefficient (Wildman–Crippen LogP) is 3.68. The predicted molar refractivity (Wildman–Crippen MR) is 142 cm³/mol. The Morgan fingerprint density at radius 2 is 1.68 bits per heavy atom. The van der Waals surface area contributed by atoms with Crippen molar-refractivity contribution in [2.24, 2.45) is 5.73 Å². The van der Waals surface area contributed by atoms with E-state index in [0.29, 0.717) is 22.8 Å². The summed E-state index contributed by atoms with van der Waals surface area (Å²) in [6.45, 7) is 0.180. The lowest BCUT2D eigenvalue weighted by atomic mass is 10.0. The minimum atomic E-state index is -1.28. The molecule has 0 saturated heterocycles. The molecule has 1 aromatic heterocycles. The van der Waals surface area contributed by atoms with Gasteiger partial charge in [-0.05, 0) is 46.9 Å².